The lowest BCUT2D eigenvalue weighted by Gasteiger charge is -2.10. The molecule has 0 radical (unpaired) electrons. The van der Waals surface area contributed by atoms with Gasteiger partial charge in [-0.2, -0.15) is 4.98 Å². The first-order valence-electron chi connectivity index (χ1n) is 6.67. The van der Waals surface area contributed by atoms with Crippen molar-refractivity contribution >= 4 is 11.5 Å². The minimum Gasteiger partial charge on any atom is -0.475 e. The Hall–Kier alpha value is -1.89. The Morgan fingerprint density at radius 1 is 1.40 bits per heavy atom. The summed E-state index contributed by atoms with van der Waals surface area (Å²) in [5, 5.41) is 13.9. The van der Waals surface area contributed by atoms with Crippen LogP contribution in [0, 0.1) is 10.1 Å². The highest BCUT2D eigenvalue weighted by Gasteiger charge is 2.12. The zero-order chi connectivity index (χ0) is 15.0. The molecule has 0 saturated carbocycles. The quantitative estimate of drug-likeness (QED) is 0.426. The first-order chi connectivity index (χ1) is 9.52. The van der Waals surface area contributed by atoms with Crippen LogP contribution in [0.3, 0.4) is 0 Å². The van der Waals surface area contributed by atoms with Crippen molar-refractivity contribution in [3.05, 3.63) is 22.2 Å². The summed E-state index contributed by atoms with van der Waals surface area (Å²) < 4.78 is 10.7. The molecule has 0 aliphatic heterocycles. The molecule has 1 aromatic heterocycles. The first kappa shape index (κ1) is 16.2. The number of hydrogen-bond donors (Lipinski definition) is 1. The van der Waals surface area contributed by atoms with E-state index >= 15 is 0 Å². The van der Waals surface area contributed by atoms with Gasteiger partial charge < -0.3 is 14.8 Å². The lowest BCUT2D eigenvalue weighted by Crippen LogP contribution is -2.12. The molecule has 1 N–H and O–H groups in total. The molecule has 0 unspecified atom stereocenters. The Bertz CT molecular complexity index is 438. The smallest absolute Gasteiger partial charge is 0.278 e. The van der Waals surface area contributed by atoms with Crippen LogP contribution in [-0.2, 0) is 4.74 Å². The van der Waals surface area contributed by atoms with Crippen LogP contribution in [0.25, 0.3) is 0 Å². The van der Waals surface area contributed by atoms with Crippen molar-refractivity contribution < 1.29 is 14.4 Å². The number of nitrogens with one attached hydrogen (secondary N) is 1. The van der Waals surface area contributed by atoms with Gasteiger partial charge in [0.25, 0.3) is 5.69 Å². The lowest BCUT2D eigenvalue weighted by atomic mass is 10.3. The molecule has 0 spiro atoms. The molecule has 0 aromatic carbocycles. The fraction of sp³-hybridized carbons (Fsp3) is 0.615. The van der Waals surface area contributed by atoms with Gasteiger partial charge >= 0.3 is 0 Å². The second-order valence-corrected chi connectivity index (χ2v) is 4.50. The summed E-state index contributed by atoms with van der Waals surface area (Å²) in [7, 11) is 0. The highest BCUT2D eigenvalue weighted by molar-refractivity contribution is 5.48. The van der Waals surface area contributed by atoms with Crippen molar-refractivity contribution in [3.63, 3.8) is 0 Å². The molecular weight excluding hydrogens is 262 g/mol. The van der Waals surface area contributed by atoms with Gasteiger partial charge in [0.05, 0.1) is 29.8 Å². The molecule has 112 valence electrons. The number of anilines is 1. The van der Waals surface area contributed by atoms with Crippen LogP contribution < -0.4 is 10.1 Å². The number of pyridine rings is 1. The van der Waals surface area contributed by atoms with Gasteiger partial charge in [-0.1, -0.05) is 6.92 Å². The molecule has 0 aliphatic carbocycles. The van der Waals surface area contributed by atoms with E-state index in [0.29, 0.717) is 25.6 Å². The molecule has 20 heavy (non-hydrogen) atoms. The van der Waals surface area contributed by atoms with E-state index in [4.69, 9.17) is 9.47 Å². The minimum absolute atomic E-state index is 0.0432. The van der Waals surface area contributed by atoms with Crippen molar-refractivity contribution in [2.24, 2.45) is 0 Å². The van der Waals surface area contributed by atoms with Crippen molar-refractivity contribution in [1.29, 1.82) is 0 Å². The largest absolute Gasteiger partial charge is 0.475 e. The summed E-state index contributed by atoms with van der Waals surface area (Å²) in [5.74, 6) is 0.672. The van der Waals surface area contributed by atoms with Crippen LogP contribution in [0.2, 0.25) is 0 Å². The van der Waals surface area contributed by atoms with Gasteiger partial charge in [0, 0.05) is 6.54 Å². The van der Waals surface area contributed by atoms with Crippen LogP contribution in [-0.4, -0.2) is 35.8 Å². The van der Waals surface area contributed by atoms with Crippen molar-refractivity contribution in [1.82, 2.24) is 4.98 Å². The fourth-order valence-corrected chi connectivity index (χ4v) is 1.44. The minimum atomic E-state index is -0.462. The monoisotopic (exact) mass is 283 g/mol. The summed E-state index contributed by atoms with van der Waals surface area (Å²) in [6.07, 6.45) is 1.03. The summed E-state index contributed by atoms with van der Waals surface area (Å²) in [4.78, 5) is 14.6. The summed E-state index contributed by atoms with van der Waals surface area (Å²) in [6.45, 7) is 7.28. The van der Waals surface area contributed by atoms with Crippen LogP contribution in [0.5, 0.6) is 5.88 Å². The first-order valence-corrected chi connectivity index (χ1v) is 6.67. The van der Waals surface area contributed by atoms with E-state index < -0.39 is 4.92 Å². The fourth-order valence-electron chi connectivity index (χ4n) is 1.44. The average molecular weight is 283 g/mol. The molecule has 1 heterocycles. The van der Waals surface area contributed by atoms with E-state index in [1.807, 2.05) is 20.8 Å². The zero-order valence-electron chi connectivity index (χ0n) is 12.1. The van der Waals surface area contributed by atoms with Crippen LogP contribution in [0.15, 0.2) is 12.1 Å². The molecule has 7 heteroatoms. The Morgan fingerprint density at radius 2 is 2.15 bits per heavy atom. The Balaban J connectivity index is 2.67. The highest BCUT2D eigenvalue weighted by Crippen LogP contribution is 2.22. The standard InChI is InChI=1S/C13H21N3O4/c1-4-5-14-12-8-11(16(17)18)9-13(15-12)20-7-6-19-10(2)3/h8-10H,4-7H2,1-3H3,(H,14,15). The normalized spacial score (nSPS) is 10.6. The van der Waals surface area contributed by atoms with Crippen molar-refractivity contribution in [2.75, 3.05) is 25.1 Å². The Labute approximate surface area is 118 Å². The average Bonchev–Trinajstić information content (AvgIpc) is 2.41. The summed E-state index contributed by atoms with van der Waals surface area (Å²) in [5.41, 5.74) is -0.0432. The lowest BCUT2D eigenvalue weighted by molar-refractivity contribution is -0.384. The summed E-state index contributed by atoms with van der Waals surface area (Å²) >= 11 is 0. The number of hydrogen-bond acceptors (Lipinski definition) is 6. The van der Waals surface area contributed by atoms with Crippen LogP contribution in [0.4, 0.5) is 11.5 Å². The summed E-state index contributed by atoms with van der Waals surface area (Å²) in [6, 6.07) is 2.71. The topological polar surface area (TPSA) is 86.5 Å². The number of nitro groups is 1. The molecule has 0 saturated heterocycles. The number of nitrogens with zero attached hydrogens (tertiary/aromatic N) is 2. The van der Waals surface area contributed by atoms with E-state index in [9.17, 15) is 10.1 Å². The SMILES string of the molecule is CCCNc1cc([N+](=O)[O-])cc(OCCOC(C)C)n1. The number of ether oxygens (including phenoxy) is 2. The van der Waals surface area contributed by atoms with Crippen molar-refractivity contribution in [2.45, 2.75) is 33.3 Å². The molecule has 7 nitrogen and oxygen atoms in total. The highest BCUT2D eigenvalue weighted by atomic mass is 16.6. The van der Waals surface area contributed by atoms with Gasteiger partial charge in [0.1, 0.15) is 12.4 Å². The molecule has 0 aliphatic rings. The van der Waals surface area contributed by atoms with Gasteiger partial charge in [-0.3, -0.25) is 10.1 Å². The Morgan fingerprint density at radius 3 is 2.75 bits per heavy atom. The molecule has 0 amide bonds. The second-order valence-electron chi connectivity index (χ2n) is 4.50. The third-order valence-electron chi connectivity index (χ3n) is 2.34. The third-order valence-corrected chi connectivity index (χ3v) is 2.34. The molecule has 1 aromatic rings. The van der Waals surface area contributed by atoms with Gasteiger partial charge in [0.2, 0.25) is 5.88 Å². The van der Waals surface area contributed by atoms with E-state index in [0.717, 1.165) is 6.42 Å². The van der Waals surface area contributed by atoms with E-state index in [1.165, 1.54) is 12.1 Å². The molecule has 0 atom stereocenters. The van der Waals surface area contributed by atoms with E-state index in [1.54, 1.807) is 0 Å². The predicted molar refractivity (Wildman–Crippen MR) is 76.3 cm³/mol. The molecular formula is C13H21N3O4. The van der Waals surface area contributed by atoms with Gasteiger partial charge in [-0.05, 0) is 20.3 Å². The maximum absolute atomic E-state index is 10.9. The van der Waals surface area contributed by atoms with Gasteiger partial charge in [-0.25, -0.2) is 0 Å². The third kappa shape index (κ3) is 5.83. The van der Waals surface area contributed by atoms with E-state index in [-0.39, 0.29) is 17.7 Å². The Kier molecular flexibility index (Phi) is 6.72. The zero-order valence-corrected chi connectivity index (χ0v) is 12.1. The molecule has 0 bridgehead atoms. The molecule has 1 rings (SSSR count). The predicted octanol–water partition coefficient (Wildman–Crippen LogP) is 2.62. The maximum atomic E-state index is 10.9. The van der Waals surface area contributed by atoms with Gasteiger partial charge in [-0.15, -0.1) is 0 Å². The number of rotatable bonds is 9. The molecule has 0 fully saturated rings. The van der Waals surface area contributed by atoms with Crippen LogP contribution in [0.1, 0.15) is 27.2 Å². The second kappa shape index (κ2) is 8.31. The maximum Gasteiger partial charge on any atom is 0.278 e. The van der Waals surface area contributed by atoms with E-state index in [2.05, 4.69) is 10.3 Å². The number of aromatic nitrogens is 1. The van der Waals surface area contributed by atoms with Crippen molar-refractivity contribution in [3.8, 4) is 5.88 Å². The van der Waals surface area contributed by atoms with Gasteiger partial charge in [0.15, 0.2) is 0 Å². The van der Waals surface area contributed by atoms with Crippen LogP contribution >= 0.6 is 0 Å².